The molecule has 0 radical (unpaired) electrons. The van der Waals surface area contributed by atoms with E-state index in [4.69, 9.17) is 11.6 Å². The van der Waals surface area contributed by atoms with Gasteiger partial charge < -0.3 is 19.9 Å². The number of rotatable bonds is 5. The topological polar surface area (TPSA) is 92.7 Å². The highest BCUT2D eigenvalue weighted by Crippen LogP contribution is 2.35. The summed E-state index contributed by atoms with van der Waals surface area (Å²) in [5, 5.41) is 10.3. The van der Waals surface area contributed by atoms with Gasteiger partial charge in [0.1, 0.15) is 5.02 Å². The summed E-state index contributed by atoms with van der Waals surface area (Å²) in [6, 6.07) is 7.47. The van der Waals surface area contributed by atoms with Gasteiger partial charge >= 0.3 is 6.18 Å². The Labute approximate surface area is 183 Å². The molecule has 168 valence electrons. The van der Waals surface area contributed by atoms with Crippen molar-refractivity contribution >= 4 is 40.3 Å². The third-order valence-corrected chi connectivity index (χ3v) is 6.00. The van der Waals surface area contributed by atoms with Crippen LogP contribution in [0.25, 0.3) is 0 Å². The standard InChI is InChI=1S/C19H17ClF4N2O4S/c1-18(29,19(22,23)24)17(28)25-12-8-9-13(15(21)14(12)20)31(30)11-6-4-10(5-7-11)16(27)26(2)3/h4-9,29H,1-3H3,(H,25,28)/t18-,31?/m1/s1. The van der Waals surface area contributed by atoms with Crippen LogP contribution in [-0.4, -0.2) is 52.2 Å². The van der Waals surface area contributed by atoms with E-state index < -0.39 is 50.3 Å². The molecule has 0 saturated carbocycles. The number of anilines is 1. The Morgan fingerprint density at radius 2 is 1.68 bits per heavy atom. The molecule has 0 fully saturated rings. The Morgan fingerprint density at radius 1 is 1.13 bits per heavy atom. The van der Waals surface area contributed by atoms with Gasteiger partial charge in [-0.2, -0.15) is 17.6 Å². The van der Waals surface area contributed by atoms with Crippen LogP contribution in [0, 0.1) is 5.82 Å². The molecule has 0 spiro atoms. The zero-order valence-electron chi connectivity index (χ0n) is 16.4. The van der Waals surface area contributed by atoms with Crippen molar-refractivity contribution in [3.8, 4) is 0 Å². The van der Waals surface area contributed by atoms with Gasteiger partial charge in [-0.1, -0.05) is 11.6 Å². The van der Waals surface area contributed by atoms with E-state index in [1.807, 2.05) is 0 Å². The molecule has 2 N–H and O–H groups in total. The molecule has 2 aromatic carbocycles. The lowest BCUT2D eigenvalue weighted by Gasteiger charge is -2.25. The monoisotopic (exact) mass is 480 g/mol. The van der Waals surface area contributed by atoms with E-state index in [9.17, 15) is 36.8 Å². The fourth-order valence-corrected chi connectivity index (χ4v) is 3.61. The lowest BCUT2D eigenvalue weighted by Crippen LogP contribution is -2.52. The van der Waals surface area contributed by atoms with Crippen LogP contribution >= 0.6 is 11.6 Å². The Kier molecular flexibility index (Phi) is 7.26. The van der Waals surface area contributed by atoms with E-state index >= 15 is 0 Å². The number of benzene rings is 2. The number of nitrogens with zero attached hydrogens (tertiary/aromatic N) is 1. The van der Waals surface area contributed by atoms with Gasteiger partial charge in [0.2, 0.25) is 5.60 Å². The highest BCUT2D eigenvalue weighted by atomic mass is 35.5. The summed E-state index contributed by atoms with van der Waals surface area (Å²) in [5.74, 6) is -3.38. The quantitative estimate of drug-likeness (QED) is 0.505. The minimum Gasteiger partial charge on any atom is -0.606 e. The van der Waals surface area contributed by atoms with Crippen LogP contribution in [0.2, 0.25) is 5.02 Å². The third-order valence-electron chi connectivity index (χ3n) is 4.21. The molecule has 0 aromatic heterocycles. The molecule has 0 bridgehead atoms. The van der Waals surface area contributed by atoms with Crippen molar-refractivity contribution in [1.29, 1.82) is 0 Å². The van der Waals surface area contributed by atoms with Crippen LogP contribution in [0.3, 0.4) is 0 Å². The van der Waals surface area contributed by atoms with Crippen LogP contribution in [0.1, 0.15) is 17.3 Å². The van der Waals surface area contributed by atoms with Gasteiger partial charge in [0.25, 0.3) is 11.8 Å². The minimum atomic E-state index is -5.27. The Balaban J connectivity index is 2.29. The summed E-state index contributed by atoms with van der Waals surface area (Å²) in [6.07, 6.45) is -5.27. The second-order valence-corrected chi connectivity index (χ2v) is 8.58. The van der Waals surface area contributed by atoms with Crippen LogP contribution in [-0.2, 0) is 16.0 Å². The highest BCUT2D eigenvalue weighted by molar-refractivity contribution is 7.91. The first kappa shape index (κ1) is 24.9. The molecule has 6 nitrogen and oxygen atoms in total. The van der Waals surface area contributed by atoms with E-state index in [2.05, 4.69) is 0 Å². The number of hydrogen-bond donors (Lipinski definition) is 2. The maximum absolute atomic E-state index is 14.7. The molecule has 2 aromatic rings. The van der Waals surface area contributed by atoms with Gasteiger partial charge in [-0.05, 0) is 43.3 Å². The molecule has 2 rings (SSSR count). The zero-order valence-corrected chi connectivity index (χ0v) is 18.0. The third kappa shape index (κ3) is 5.12. The molecule has 0 aliphatic rings. The molecule has 0 saturated heterocycles. The Morgan fingerprint density at radius 3 is 2.16 bits per heavy atom. The molecule has 0 aliphatic carbocycles. The van der Waals surface area contributed by atoms with Gasteiger partial charge in [0.05, 0.1) is 5.69 Å². The number of hydrogen-bond acceptors (Lipinski definition) is 4. The number of halogens is 5. The lowest BCUT2D eigenvalue weighted by atomic mass is 10.1. The number of amides is 2. The van der Waals surface area contributed by atoms with E-state index in [1.54, 1.807) is 19.4 Å². The zero-order chi connectivity index (χ0) is 23.7. The smallest absolute Gasteiger partial charge is 0.426 e. The summed E-state index contributed by atoms with van der Waals surface area (Å²) >= 11 is 3.72. The average Bonchev–Trinajstić information content (AvgIpc) is 2.69. The fraction of sp³-hybridized carbons (Fsp3) is 0.263. The van der Waals surface area contributed by atoms with Crippen LogP contribution in [0.15, 0.2) is 46.2 Å². The first-order valence-corrected chi connectivity index (χ1v) is 10.0. The van der Waals surface area contributed by atoms with Gasteiger partial charge in [0.15, 0.2) is 15.6 Å². The molecule has 0 aliphatic heterocycles. The predicted octanol–water partition coefficient (Wildman–Crippen LogP) is 3.60. The summed E-state index contributed by atoms with van der Waals surface area (Å²) in [5.41, 5.74) is -3.96. The Bertz CT molecular complexity index is 998. The van der Waals surface area contributed by atoms with Crippen LogP contribution < -0.4 is 5.32 Å². The second-order valence-electron chi connectivity index (χ2n) is 6.76. The lowest BCUT2D eigenvalue weighted by molar-refractivity contribution is -0.242. The summed E-state index contributed by atoms with van der Waals surface area (Å²) in [4.78, 5) is 24.8. The normalized spacial score (nSPS) is 14.5. The van der Waals surface area contributed by atoms with Crippen LogP contribution in [0.4, 0.5) is 23.2 Å². The van der Waals surface area contributed by atoms with E-state index in [0.29, 0.717) is 5.56 Å². The van der Waals surface area contributed by atoms with Gasteiger partial charge in [-0.25, -0.2) is 0 Å². The maximum atomic E-state index is 14.7. The molecule has 0 heterocycles. The average molecular weight is 481 g/mol. The molecule has 31 heavy (non-hydrogen) atoms. The minimum absolute atomic E-state index is 0.141. The maximum Gasteiger partial charge on any atom is 0.426 e. The van der Waals surface area contributed by atoms with Gasteiger partial charge in [-0.15, -0.1) is 0 Å². The number of carbonyl (C=O) groups is 2. The predicted molar refractivity (Wildman–Crippen MR) is 106 cm³/mol. The first-order valence-electron chi connectivity index (χ1n) is 8.50. The molecule has 2 atom stereocenters. The number of aliphatic hydroxyl groups is 1. The molecule has 2 amide bonds. The molecular weight excluding hydrogens is 464 g/mol. The number of nitrogens with one attached hydrogen (secondary N) is 1. The van der Waals surface area contributed by atoms with Crippen molar-refractivity contribution < 1.29 is 36.8 Å². The number of alkyl halides is 3. The van der Waals surface area contributed by atoms with Crippen molar-refractivity contribution in [1.82, 2.24) is 4.90 Å². The molecule has 12 heteroatoms. The van der Waals surface area contributed by atoms with Gasteiger partial charge in [0, 0.05) is 30.8 Å². The van der Waals surface area contributed by atoms with Crippen LogP contribution in [0.5, 0.6) is 0 Å². The largest absolute Gasteiger partial charge is 0.606 e. The van der Waals surface area contributed by atoms with Crippen molar-refractivity contribution in [2.75, 3.05) is 19.4 Å². The summed E-state index contributed by atoms with van der Waals surface area (Å²) in [6.45, 7) is 0.237. The SMILES string of the molecule is CN(C)C(=O)c1ccc([S+]([O-])c2ccc(NC(=O)[C@@](C)(O)C(F)(F)F)c(Cl)c2F)cc1. The van der Waals surface area contributed by atoms with Crippen molar-refractivity contribution in [3.63, 3.8) is 0 Å². The summed E-state index contributed by atoms with van der Waals surface area (Å²) < 4.78 is 65.7. The summed E-state index contributed by atoms with van der Waals surface area (Å²) in [7, 11) is 3.11. The number of carbonyl (C=O) groups excluding carboxylic acids is 2. The van der Waals surface area contributed by atoms with Crippen molar-refractivity contribution in [2.45, 2.75) is 28.5 Å². The fourth-order valence-electron chi connectivity index (χ4n) is 2.25. The van der Waals surface area contributed by atoms with E-state index in [-0.39, 0.29) is 17.7 Å². The second kappa shape index (κ2) is 9.03. The molecular formula is C19H17ClF4N2O4S. The highest BCUT2D eigenvalue weighted by Gasteiger charge is 2.55. The van der Waals surface area contributed by atoms with Crippen molar-refractivity contribution in [3.05, 3.63) is 52.8 Å². The molecule has 1 unspecified atom stereocenters. The first-order chi connectivity index (χ1) is 14.2. The Hall–Kier alpha value is -2.34. The van der Waals surface area contributed by atoms with Gasteiger partial charge in [-0.3, -0.25) is 9.59 Å². The van der Waals surface area contributed by atoms with E-state index in [1.165, 1.54) is 29.2 Å². The van der Waals surface area contributed by atoms with E-state index in [0.717, 1.165) is 12.1 Å². The van der Waals surface area contributed by atoms with Crippen molar-refractivity contribution in [2.24, 2.45) is 0 Å².